The number of rotatable bonds is 2. The number of benzene rings is 1. The molecule has 2 aliphatic rings. The quantitative estimate of drug-likeness (QED) is 0.701. The van der Waals surface area contributed by atoms with E-state index in [1.165, 1.54) is 6.07 Å². The Hall–Kier alpha value is -2.21. The molecule has 1 aliphatic carbocycles. The average molecular weight is 287 g/mol. The molecule has 1 saturated carbocycles. The van der Waals surface area contributed by atoms with E-state index in [9.17, 15) is 14.4 Å². The second-order valence-corrected chi connectivity index (χ2v) is 5.63. The number of nitrogens with one attached hydrogen (secondary N) is 2. The fraction of sp³-hybridized carbons (Fsp3) is 0.400. The van der Waals surface area contributed by atoms with Crippen LogP contribution in [0.25, 0.3) is 0 Å². The van der Waals surface area contributed by atoms with Gasteiger partial charge in [-0.05, 0) is 43.9 Å². The zero-order valence-electron chi connectivity index (χ0n) is 11.5. The van der Waals surface area contributed by atoms with Crippen LogP contribution in [0.15, 0.2) is 18.2 Å². The van der Waals surface area contributed by atoms with E-state index < -0.39 is 11.7 Å². The molecule has 2 amide bonds. The molecule has 6 nitrogen and oxygen atoms in total. The first-order valence-electron chi connectivity index (χ1n) is 7.11. The first-order chi connectivity index (χ1) is 10.0. The van der Waals surface area contributed by atoms with Crippen molar-refractivity contribution in [3.05, 3.63) is 29.3 Å². The lowest BCUT2D eigenvalue weighted by molar-refractivity contribution is -0.112. The number of anilines is 1. The largest absolute Gasteiger partial charge is 0.349 e. The summed E-state index contributed by atoms with van der Waals surface area (Å²) in [7, 11) is 0. The summed E-state index contributed by atoms with van der Waals surface area (Å²) in [5, 5.41) is 5.43. The average Bonchev–Trinajstić information content (AvgIpc) is 2.76. The molecule has 1 fully saturated rings. The minimum atomic E-state index is -0.649. The van der Waals surface area contributed by atoms with Crippen LogP contribution in [-0.2, 0) is 4.79 Å². The monoisotopic (exact) mass is 287 g/mol. The third-order valence-electron chi connectivity index (χ3n) is 4.09. The highest BCUT2D eigenvalue weighted by molar-refractivity contribution is 6.51. The number of fused-ring (bicyclic) bond motifs is 1. The van der Waals surface area contributed by atoms with Crippen molar-refractivity contribution in [3.8, 4) is 0 Å². The summed E-state index contributed by atoms with van der Waals surface area (Å²) in [5.74, 6) is -1.46. The number of carbonyl (C=O) groups excluding carboxylic acids is 3. The first kappa shape index (κ1) is 13.8. The summed E-state index contributed by atoms with van der Waals surface area (Å²) < 4.78 is 0. The smallest absolute Gasteiger partial charge is 0.296 e. The van der Waals surface area contributed by atoms with Crippen LogP contribution >= 0.6 is 0 Å². The van der Waals surface area contributed by atoms with Crippen molar-refractivity contribution >= 4 is 23.3 Å². The molecule has 0 unspecified atom stereocenters. The van der Waals surface area contributed by atoms with E-state index >= 15 is 0 Å². The highest BCUT2D eigenvalue weighted by Gasteiger charge is 2.29. The second kappa shape index (κ2) is 5.29. The van der Waals surface area contributed by atoms with Gasteiger partial charge in [0.05, 0.1) is 11.3 Å². The van der Waals surface area contributed by atoms with Gasteiger partial charge in [-0.2, -0.15) is 0 Å². The van der Waals surface area contributed by atoms with Gasteiger partial charge in [-0.15, -0.1) is 0 Å². The van der Waals surface area contributed by atoms with Gasteiger partial charge in [-0.3, -0.25) is 14.4 Å². The Morgan fingerprint density at radius 2 is 1.90 bits per heavy atom. The molecular formula is C15H17N3O3. The van der Waals surface area contributed by atoms with E-state index in [4.69, 9.17) is 5.73 Å². The maximum atomic E-state index is 12.2. The van der Waals surface area contributed by atoms with E-state index in [1.807, 2.05) is 0 Å². The minimum Gasteiger partial charge on any atom is -0.349 e. The van der Waals surface area contributed by atoms with Gasteiger partial charge in [0, 0.05) is 17.6 Å². The highest BCUT2D eigenvalue weighted by Crippen LogP contribution is 2.24. The summed E-state index contributed by atoms with van der Waals surface area (Å²) in [5.41, 5.74) is 6.96. The van der Waals surface area contributed by atoms with E-state index in [0.29, 0.717) is 11.3 Å². The molecule has 6 heteroatoms. The van der Waals surface area contributed by atoms with E-state index in [-0.39, 0.29) is 23.6 Å². The SMILES string of the molecule is NC1CCC(NC(=O)c2ccc3c(c2)C(=O)C(=O)N3)CC1. The molecule has 1 aromatic rings. The molecule has 1 aromatic carbocycles. The lowest BCUT2D eigenvalue weighted by Gasteiger charge is -2.26. The van der Waals surface area contributed by atoms with Crippen molar-refractivity contribution in [2.75, 3.05) is 5.32 Å². The van der Waals surface area contributed by atoms with E-state index in [1.54, 1.807) is 12.1 Å². The standard InChI is InChI=1S/C15H17N3O3/c16-9-2-4-10(5-3-9)17-14(20)8-1-6-12-11(7-8)13(19)15(21)18-12/h1,6-7,9-10H,2-5,16H2,(H,17,20)(H,18,19,21). The molecule has 0 aromatic heterocycles. The number of carbonyl (C=O) groups is 3. The van der Waals surface area contributed by atoms with Crippen LogP contribution in [0, 0.1) is 0 Å². The molecule has 4 N–H and O–H groups in total. The van der Waals surface area contributed by atoms with Crippen LogP contribution in [0.3, 0.4) is 0 Å². The number of nitrogens with two attached hydrogens (primary N) is 1. The van der Waals surface area contributed by atoms with Gasteiger partial charge in [0.1, 0.15) is 0 Å². The minimum absolute atomic E-state index is 0.126. The van der Waals surface area contributed by atoms with Crippen molar-refractivity contribution in [2.45, 2.75) is 37.8 Å². The van der Waals surface area contributed by atoms with Crippen molar-refractivity contribution in [3.63, 3.8) is 0 Å². The first-order valence-corrected chi connectivity index (χ1v) is 7.11. The van der Waals surface area contributed by atoms with Gasteiger partial charge in [0.2, 0.25) is 0 Å². The number of ketones is 1. The highest BCUT2D eigenvalue weighted by atomic mass is 16.2. The number of amides is 2. The van der Waals surface area contributed by atoms with Crippen LogP contribution in [-0.4, -0.2) is 29.7 Å². The maximum Gasteiger partial charge on any atom is 0.296 e. The molecule has 0 bridgehead atoms. The molecule has 110 valence electrons. The Morgan fingerprint density at radius 3 is 2.62 bits per heavy atom. The van der Waals surface area contributed by atoms with Gasteiger partial charge in [-0.1, -0.05) is 0 Å². The summed E-state index contributed by atoms with van der Waals surface area (Å²) in [4.78, 5) is 35.2. The zero-order valence-corrected chi connectivity index (χ0v) is 11.5. The van der Waals surface area contributed by atoms with E-state index in [0.717, 1.165) is 25.7 Å². The summed E-state index contributed by atoms with van der Waals surface area (Å²) >= 11 is 0. The zero-order chi connectivity index (χ0) is 15.0. The maximum absolute atomic E-state index is 12.2. The summed E-state index contributed by atoms with van der Waals surface area (Å²) in [6.07, 6.45) is 3.56. The summed E-state index contributed by atoms with van der Waals surface area (Å²) in [6, 6.07) is 5.03. The fourth-order valence-electron chi connectivity index (χ4n) is 2.82. The second-order valence-electron chi connectivity index (χ2n) is 5.63. The van der Waals surface area contributed by atoms with Crippen LogP contribution in [0.2, 0.25) is 0 Å². The van der Waals surface area contributed by atoms with Gasteiger partial charge in [0.25, 0.3) is 17.6 Å². The Kier molecular flexibility index (Phi) is 3.47. The molecule has 0 radical (unpaired) electrons. The van der Waals surface area contributed by atoms with Crippen LogP contribution in [0.1, 0.15) is 46.4 Å². The fourth-order valence-corrected chi connectivity index (χ4v) is 2.82. The topological polar surface area (TPSA) is 101 Å². The molecule has 1 heterocycles. The Balaban J connectivity index is 1.71. The van der Waals surface area contributed by atoms with Crippen LogP contribution in [0.5, 0.6) is 0 Å². The summed E-state index contributed by atoms with van der Waals surface area (Å²) in [6.45, 7) is 0. The third-order valence-corrected chi connectivity index (χ3v) is 4.09. The van der Waals surface area contributed by atoms with Crippen molar-refractivity contribution in [2.24, 2.45) is 5.73 Å². The van der Waals surface area contributed by atoms with Crippen LogP contribution < -0.4 is 16.4 Å². The van der Waals surface area contributed by atoms with Gasteiger partial charge >= 0.3 is 0 Å². The molecule has 21 heavy (non-hydrogen) atoms. The molecule has 0 spiro atoms. The normalized spacial score (nSPS) is 24.4. The molecule has 0 saturated heterocycles. The Morgan fingerprint density at radius 1 is 1.19 bits per heavy atom. The number of hydrogen-bond acceptors (Lipinski definition) is 4. The number of Topliss-reactive ketones (excluding diaryl/α,β-unsaturated/α-hetero) is 1. The van der Waals surface area contributed by atoms with Gasteiger partial charge < -0.3 is 16.4 Å². The van der Waals surface area contributed by atoms with Crippen molar-refractivity contribution in [1.29, 1.82) is 0 Å². The van der Waals surface area contributed by atoms with Crippen molar-refractivity contribution < 1.29 is 14.4 Å². The molecule has 0 atom stereocenters. The molecular weight excluding hydrogens is 270 g/mol. The Bertz CT molecular complexity index is 619. The van der Waals surface area contributed by atoms with Crippen LogP contribution in [0.4, 0.5) is 5.69 Å². The third kappa shape index (κ3) is 2.67. The molecule has 1 aliphatic heterocycles. The predicted octanol–water partition coefficient (Wildman–Crippen LogP) is 0.821. The van der Waals surface area contributed by atoms with Gasteiger partial charge in [0.15, 0.2) is 0 Å². The molecule has 3 rings (SSSR count). The van der Waals surface area contributed by atoms with Gasteiger partial charge in [-0.25, -0.2) is 0 Å². The van der Waals surface area contributed by atoms with Crippen molar-refractivity contribution in [1.82, 2.24) is 5.32 Å². The Labute approximate surface area is 122 Å². The predicted molar refractivity (Wildman–Crippen MR) is 77.1 cm³/mol. The lowest BCUT2D eigenvalue weighted by Crippen LogP contribution is -2.40. The number of hydrogen-bond donors (Lipinski definition) is 3. The van der Waals surface area contributed by atoms with E-state index in [2.05, 4.69) is 10.6 Å². The lowest BCUT2D eigenvalue weighted by atomic mass is 9.91.